The molecule has 0 radical (unpaired) electrons. The summed E-state index contributed by atoms with van der Waals surface area (Å²) in [5.74, 6) is 1.16. The molecule has 7 nitrogen and oxygen atoms in total. The Kier molecular flexibility index (Phi) is 11.6. The maximum absolute atomic E-state index is 12.5. The summed E-state index contributed by atoms with van der Waals surface area (Å²) in [6.45, 7) is 5.65. The molecular weight excluding hydrogens is 507 g/mol. The van der Waals surface area contributed by atoms with Gasteiger partial charge in [0.15, 0.2) is 5.96 Å². The largest absolute Gasteiger partial charge is 0.385 e. The molecule has 2 aliphatic rings. The van der Waals surface area contributed by atoms with Crippen LogP contribution in [0.2, 0.25) is 0 Å². The van der Waals surface area contributed by atoms with Crippen molar-refractivity contribution >= 4 is 35.8 Å². The van der Waals surface area contributed by atoms with E-state index in [2.05, 4.69) is 27.3 Å². The number of carbonyl (C=O) groups excluding carboxylic acids is 1. The van der Waals surface area contributed by atoms with Gasteiger partial charge in [0, 0.05) is 66.5 Å². The molecule has 0 saturated carbocycles. The van der Waals surface area contributed by atoms with Crippen LogP contribution in [0, 0.1) is 0 Å². The Labute approximate surface area is 203 Å². The highest BCUT2D eigenvalue weighted by Gasteiger charge is 2.23. The van der Waals surface area contributed by atoms with Gasteiger partial charge in [0.1, 0.15) is 0 Å². The van der Waals surface area contributed by atoms with Crippen molar-refractivity contribution in [1.29, 1.82) is 0 Å². The summed E-state index contributed by atoms with van der Waals surface area (Å²) in [5, 5.41) is 3.42. The molecule has 1 amide bonds. The number of hydrogen-bond acceptors (Lipinski definition) is 4. The van der Waals surface area contributed by atoms with E-state index in [9.17, 15) is 4.79 Å². The van der Waals surface area contributed by atoms with Crippen LogP contribution < -0.4 is 5.32 Å². The van der Waals surface area contributed by atoms with Crippen molar-refractivity contribution in [2.75, 3.05) is 47.0 Å². The van der Waals surface area contributed by atoms with Crippen LogP contribution >= 0.6 is 24.0 Å². The van der Waals surface area contributed by atoms with E-state index in [0.29, 0.717) is 12.5 Å². The van der Waals surface area contributed by atoms with E-state index in [1.54, 1.807) is 7.11 Å². The van der Waals surface area contributed by atoms with Gasteiger partial charge < -0.3 is 24.6 Å². The number of amides is 1. The van der Waals surface area contributed by atoms with E-state index >= 15 is 0 Å². The first kappa shape index (κ1) is 25.9. The number of nitrogens with one attached hydrogen (secondary N) is 1. The van der Waals surface area contributed by atoms with Gasteiger partial charge in [-0.3, -0.25) is 9.79 Å². The Morgan fingerprint density at radius 2 is 1.77 bits per heavy atom. The monoisotopic (exact) mass is 544 g/mol. The zero-order valence-electron chi connectivity index (χ0n) is 18.8. The molecular formula is C23H37IN4O3. The summed E-state index contributed by atoms with van der Waals surface area (Å²) >= 11 is 0. The molecule has 1 fully saturated rings. The van der Waals surface area contributed by atoms with Gasteiger partial charge in [-0.2, -0.15) is 0 Å². The van der Waals surface area contributed by atoms with Gasteiger partial charge in [-0.25, -0.2) is 0 Å². The highest BCUT2D eigenvalue weighted by atomic mass is 127. The molecule has 2 heterocycles. The average molecular weight is 544 g/mol. The SMILES string of the molecule is CN=C(NCCCC(=O)N1Cc2ccccc2C1)N1CCC(OCCCOC)CC1.I. The standard InChI is InChI=1S/C23H36N4O3.HI/c1-24-23(26-13-10-21(11-14-26)30-16-6-15-29-2)25-12-5-9-22(28)27-17-19-7-3-4-8-20(19)18-27;/h3-4,7-8,21H,5-6,9-18H2,1-2H3,(H,24,25);1H. The predicted molar refractivity (Wildman–Crippen MR) is 134 cm³/mol. The van der Waals surface area contributed by atoms with E-state index in [-0.39, 0.29) is 29.9 Å². The van der Waals surface area contributed by atoms with Crippen LogP contribution in [0.3, 0.4) is 0 Å². The molecule has 174 valence electrons. The van der Waals surface area contributed by atoms with Gasteiger partial charge in [0.05, 0.1) is 6.10 Å². The van der Waals surface area contributed by atoms with Crippen molar-refractivity contribution in [3.63, 3.8) is 0 Å². The number of aliphatic imine (C=N–C) groups is 1. The number of ether oxygens (including phenoxy) is 2. The van der Waals surface area contributed by atoms with Crippen molar-refractivity contribution < 1.29 is 14.3 Å². The number of piperidine rings is 1. The second-order valence-electron chi connectivity index (χ2n) is 8.00. The van der Waals surface area contributed by atoms with Crippen molar-refractivity contribution in [3.05, 3.63) is 35.4 Å². The van der Waals surface area contributed by atoms with Gasteiger partial charge in [0.25, 0.3) is 0 Å². The van der Waals surface area contributed by atoms with Crippen LogP contribution in [0.25, 0.3) is 0 Å². The summed E-state index contributed by atoms with van der Waals surface area (Å²) in [6.07, 6.45) is 4.68. The first-order valence-electron chi connectivity index (χ1n) is 11.1. The third-order valence-electron chi connectivity index (χ3n) is 5.84. The molecule has 1 N–H and O–H groups in total. The predicted octanol–water partition coefficient (Wildman–Crippen LogP) is 3.02. The number of methoxy groups -OCH3 is 1. The number of guanidine groups is 1. The van der Waals surface area contributed by atoms with Crippen LogP contribution in [0.15, 0.2) is 29.3 Å². The lowest BCUT2D eigenvalue weighted by atomic mass is 10.1. The maximum Gasteiger partial charge on any atom is 0.223 e. The zero-order valence-corrected chi connectivity index (χ0v) is 21.2. The highest BCUT2D eigenvalue weighted by Crippen LogP contribution is 2.23. The molecule has 1 saturated heterocycles. The number of halogens is 1. The Balaban J connectivity index is 0.00000341. The molecule has 1 aromatic carbocycles. The lowest BCUT2D eigenvalue weighted by Crippen LogP contribution is -2.47. The molecule has 0 aromatic heterocycles. The average Bonchev–Trinajstić information content (AvgIpc) is 3.22. The smallest absolute Gasteiger partial charge is 0.223 e. The fraction of sp³-hybridized carbons (Fsp3) is 0.652. The summed E-state index contributed by atoms with van der Waals surface area (Å²) in [6, 6.07) is 8.31. The lowest BCUT2D eigenvalue weighted by Gasteiger charge is -2.34. The number of rotatable bonds is 9. The second-order valence-corrected chi connectivity index (χ2v) is 8.00. The van der Waals surface area contributed by atoms with Crippen LogP contribution in [-0.2, 0) is 27.4 Å². The van der Waals surface area contributed by atoms with Crippen molar-refractivity contribution in [3.8, 4) is 0 Å². The van der Waals surface area contributed by atoms with Gasteiger partial charge in [-0.1, -0.05) is 24.3 Å². The number of nitrogens with zero attached hydrogens (tertiary/aromatic N) is 3. The molecule has 2 aliphatic heterocycles. The third-order valence-corrected chi connectivity index (χ3v) is 5.84. The number of hydrogen-bond donors (Lipinski definition) is 1. The molecule has 1 aromatic rings. The molecule has 0 atom stereocenters. The summed E-state index contributed by atoms with van der Waals surface area (Å²) in [4.78, 5) is 21.2. The topological polar surface area (TPSA) is 66.4 Å². The number of fused-ring (bicyclic) bond motifs is 1. The fourth-order valence-electron chi connectivity index (χ4n) is 4.13. The molecule has 3 rings (SSSR count). The third kappa shape index (κ3) is 7.91. The minimum absolute atomic E-state index is 0. The summed E-state index contributed by atoms with van der Waals surface area (Å²) in [7, 11) is 3.54. The summed E-state index contributed by atoms with van der Waals surface area (Å²) in [5.41, 5.74) is 2.55. The highest BCUT2D eigenvalue weighted by molar-refractivity contribution is 14.0. The van der Waals surface area contributed by atoms with E-state index in [1.807, 2.05) is 24.1 Å². The molecule has 0 aliphatic carbocycles. The van der Waals surface area contributed by atoms with Crippen molar-refractivity contribution in [2.45, 2.75) is 51.3 Å². The minimum atomic E-state index is 0. The number of benzene rings is 1. The quantitative estimate of drug-likeness (QED) is 0.224. The van der Waals surface area contributed by atoms with E-state index < -0.39 is 0 Å². The number of likely N-dealkylation sites (tertiary alicyclic amines) is 1. The Hall–Kier alpha value is -1.39. The lowest BCUT2D eigenvalue weighted by molar-refractivity contribution is -0.131. The zero-order chi connectivity index (χ0) is 21.2. The fourth-order valence-corrected chi connectivity index (χ4v) is 4.13. The van der Waals surface area contributed by atoms with Crippen LogP contribution in [0.5, 0.6) is 0 Å². The van der Waals surface area contributed by atoms with E-state index in [1.165, 1.54) is 11.1 Å². The Bertz CT molecular complexity index is 683. The maximum atomic E-state index is 12.5. The summed E-state index contributed by atoms with van der Waals surface area (Å²) < 4.78 is 11.0. The van der Waals surface area contributed by atoms with Crippen LogP contribution in [0.1, 0.15) is 43.2 Å². The van der Waals surface area contributed by atoms with Gasteiger partial charge in [-0.15, -0.1) is 24.0 Å². The molecule has 31 heavy (non-hydrogen) atoms. The van der Waals surface area contributed by atoms with Gasteiger partial charge in [0.2, 0.25) is 5.91 Å². The molecule has 8 heteroatoms. The van der Waals surface area contributed by atoms with Crippen LogP contribution in [0.4, 0.5) is 0 Å². The first-order chi connectivity index (χ1) is 14.7. The first-order valence-corrected chi connectivity index (χ1v) is 11.1. The Morgan fingerprint density at radius 1 is 1.10 bits per heavy atom. The van der Waals surface area contributed by atoms with E-state index in [4.69, 9.17) is 9.47 Å². The molecule has 0 unspecified atom stereocenters. The van der Waals surface area contributed by atoms with Gasteiger partial charge in [-0.05, 0) is 36.8 Å². The van der Waals surface area contributed by atoms with Crippen LogP contribution in [-0.4, -0.2) is 74.8 Å². The molecule has 0 bridgehead atoms. The Morgan fingerprint density at radius 3 is 2.39 bits per heavy atom. The number of carbonyl (C=O) groups is 1. The molecule has 0 spiro atoms. The second kappa shape index (κ2) is 13.9. The van der Waals surface area contributed by atoms with Crippen molar-refractivity contribution in [2.24, 2.45) is 4.99 Å². The van der Waals surface area contributed by atoms with E-state index in [0.717, 1.165) is 77.6 Å². The minimum Gasteiger partial charge on any atom is -0.385 e. The normalized spacial score (nSPS) is 16.8. The van der Waals surface area contributed by atoms with Crippen molar-refractivity contribution in [1.82, 2.24) is 15.1 Å². The van der Waals surface area contributed by atoms with Gasteiger partial charge >= 0.3 is 0 Å².